The molecule has 0 aromatic heterocycles. The van der Waals surface area contributed by atoms with Crippen LogP contribution in [0.5, 0.6) is 0 Å². The van der Waals surface area contributed by atoms with E-state index in [2.05, 4.69) is 0 Å². The molecule has 0 spiro atoms. The van der Waals surface area contributed by atoms with Gasteiger partial charge < -0.3 is 0 Å². The number of thioether (sulfide) groups is 1. The van der Waals surface area contributed by atoms with Crippen LogP contribution in [0.25, 0.3) is 0 Å². The van der Waals surface area contributed by atoms with Crippen molar-refractivity contribution in [2.45, 2.75) is 5.75 Å². The van der Waals surface area contributed by atoms with Crippen LogP contribution in [0.3, 0.4) is 0 Å². The number of benzene rings is 1. The van der Waals surface area contributed by atoms with E-state index in [-0.39, 0.29) is 22.7 Å². The summed E-state index contributed by atoms with van der Waals surface area (Å²) in [5.41, 5.74) is 0.153. The average Bonchev–Trinajstić information content (AvgIpc) is 2.12. The van der Waals surface area contributed by atoms with E-state index in [1.165, 1.54) is 11.8 Å². The standard InChI is InChI=1S/C9H6F2OS/c10-6-1-2-7(11)9-5(6)3-13-4-8(9)12/h1-2H,3-4H2. The van der Waals surface area contributed by atoms with Gasteiger partial charge in [-0.25, -0.2) is 8.78 Å². The molecular weight excluding hydrogens is 194 g/mol. The number of fused-ring (bicyclic) bond motifs is 1. The summed E-state index contributed by atoms with van der Waals surface area (Å²) in [5, 5.41) is 0. The molecule has 13 heavy (non-hydrogen) atoms. The highest BCUT2D eigenvalue weighted by Gasteiger charge is 2.23. The summed E-state index contributed by atoms with van der Waals surface area (Å²) in [4.78, 5) is 11.2. The largest absolute Gasteiger partial charge is 0.293 e. The minimum Gasteiger partial charge on any atom is -0.293 e. The minimum atomic E-state index is -0.610. The van der Waals surface area contributed by atoms with Crippen molar-refractivity contribution in [2.24, 2.45) is 0 Å². The molecule has 1 aliphatic heterocycles. The Morgan fingerprint density at radius 2 is 1.85 bits per heavy atom. The molecule has 0 aliphatic carbocycles. The number of halogens is 2. The maximum absolute atomic E-state index is 13.1. The molecule has 1 heterocycles. The van der Waals surface area contributed by atoms with Crippen molar-refractivity contribution < 1.29 is 13.6 Å². The maximum atomic E-state index is 13.1. The van der Waals surface area contributed by atoms with E-state index in [4.69, 9.17) is 0 Å². The van der Waals surface area contributed by atoms with Gasteiger partial charge in [0, 0.05) is 11.3 Å². The SMILES string of the molecule is O=C1CSCc2c(F)ccc(F)c21. The van der Waals surface area contributed by atoms with Crippen molar-refractivity contribution in [3.8, 4) is 0 Å². The van der Waals surface area contributed by atoms with E-state index >= 15 is 0 Å². The molecule has 0 N–H and O–H groups in total. The molecule has 0 fully saturated rings. The number of hydrogen-bond acceptors (Lipinski definition) is 2. The fourth-order valence-corrected chi connectivity index (χ4v) is 2.27. The van der Waals surface area contributed by atoms with Gasteiger partial charge in [-0.05, 0) is 12.1 Å². The number of rotatable bonds is 0. The van der Waals surface area contributed by atoms with Gasteiger partial charge in [0.2, 0.25) is 0 Å². The smallest absolute Gasteiger partial charge is 0.176 e. The van der Waals surface area contributed by atoms with Gasteiger partial charge in [-0.3, -0.25) is 4.79 Å². The van der Waals surface area contributed by atoms with Gasteiger partial charge in [-0.2, -0.15) is 0 Å². The monoisotopic (exact) mass is 200 g/mol. The van der Waals surface area contributed by atoms with Gasteiger partial charge in [-0.1, -0.05) is 0 Å². The van der Waals surface area contributed by atoms with Gasteiger partial charge in [-0.15, -0.1) is 11.8 Å². The van der Waals surface area contributed by atoms with Crippen molar-refractivity contribution in [3.05, 3.63) is 34.9 Å². The van der Waals surface area contributed by atoms with E-state index in [9.17, 15) is 13.6 Å². The molecule has 0 saturated carbocycles. The first-order valence-corrected chi connectivity index (χ1v) is 4.93. The third kappa shape index (κ3) is 1.35. The van der Waals surface area contributed by atoms with Crippen LogP contribution in [0.4, 0.5) is 8.78 Å². The fourth-order valence-electron chi connectivity index (χ4n) is 1.35. The summed E-state index contributed by atoms with van der Waals surface area (Å²) in [6, 6.07) is 2.06. The zero-order valence-corrected chi connectivity index (χ0v) is 7.46. The molecule has 1 aromatic rings. The van der Waals surface area contributed by atoms with Crippen molar-refractivity contribution >= 4 is 17.5 Å². The third-order valence-corrected chi connectivity index (χ3v) is 2.92. The first-order chi connectivity index (χ1) is 6.20. The number of Topliss-reactive ketones (excluding diaryl/α,β-unsaturated/α-hetero) is 1. The Balaban J connectivity index is 2.67. The van der Waals surface area contributed by atoms with Gasteiger partial charge in [0.25, 0.3) is 0 Å². The van der Waals surface area contributed by atoms with E-state index in [0.717, 1.165) is 12.1 Å². The highest BCUT2D eigenvalue weighted by atomic mass is 32.2. The Hall–Kier alpha value is -0.900. The second kappa shape index (κ2) is 3.10. The van der Waals surface area contributed by atoms with Crippen molar-refractivity contribution in [3.63, 3.8) is 0 Å². The zero-order valence-electron chi connectivity index (χ0n) is 6.64. The minimum absolute atomic E-state index is 0.0567. The van der Waals surface area contributed by atoms with Gasteiger partial charge in [0.15, 0.2) is 5.78 Å². The zero-order chi connectivity index (χ0) is 9.42. The van der Waals surface area contributed by atoms with Gasteiger partial charge in [0.05, 0.1) is 11.3 Å². The topological polar surface area (TPSA) is 17.1 Å². The molecule has 1 aliphatic rings. The summed E-state index contributed by atoms with van der Waals surface area (Å²) in [6.07, 6.45) is 0. The third-order valence-electron chi connectivity index (χ3n) is 1.96. The first kappa shape index (κ1) is 8.69. The average molecular weight is 200 g/mol. The summed E-state index contributed by atoms with van der Waals surface area (Å²) >= 11 is 1.31. The molecule has 4 heteroatoms. The van der Waals surface area contributed by atoms with E-state index in [1.54, 1.807) is 0 Å². The van der Waals surface area contributed by atoms with Crippen LogP contribution in [0, 0.1) is 11.6 Å². The molecule has 1 nitrogen and oxygen atoms in total. The predicted molar refractivity (Wildman–Crippen MR) is 46.9 cm³/mol. The van der Waals surface area contributed by atoms with E-state index in [1.807, 2.05) is 0 Å². The first-order valence-electron chi connectivity index (χ1n) is 3.78. The van der Waals surface area contributed by atoms with Crippen molar-refractivity contribution in [1.29, 1.82) is 0 Å². The van der Waals surface area contributed by atoms with Gasteiger partial charge in [0.1, 0.15) is 11.6 Å². The number of carbonyl (C=O) groups excluding carboxylic acids is 1. The summed E-state index contributed by atoms with van der Waals surface area (Å²) in [7, 11) is 0. The fraction of sp³-hybridized carbons (Fsp3) is 0.222. The normalized spacial score (nSPS) is 15.7. The molecule has 0 radical (unpaired) electrons. The van der Waals surface area contributed by atoms with Crippen LogP contribution in [-0.2, 0) is 5.75 Å². The van der Waals surface area contributed by atoms with Crippen LogP contribution in [0.15, 0.2) is 12.1 Å². The van der Waals surface area contributed by atoms with Crippen LogP contribution in [0.1, 0.15) is 15.9 Å². The van der Waals surface area contributed by atoms with E-state index in [0.29, 0.717) is 5.75 Å². The van der Waals surface area contributed by atoms with Crippen LogP contribution < -0.4 is 0 Å². The number of hydrogen-bond donors (Lipinski definition) is 0. The van der Waals surface area contributed by atoms with Gasteiger partial charge >= 0.3 is 0 Å². The highest BCUT2D eigenvalue weighted by molar-refractivity contribution is 7.99. The van der Waals surface area contributed by atoms with E-state index < -0.39 is 11.6 Å². The predicted octanol–water partition coefficient (Wildman–Crippen LogP) is 2.39. The molecule has 1 aromatic carbocycles. The molecule has 0 atom stereocenters. The highest BCUT2D eigenvalue weighted by Crippen LogP contribution is 2.28. The Morgan fingerprint density at radius 3 is 2.54 bits per heavy atom. The quantitative estimate of drug-likeness (QED) is 0.639. The second-order valence-electron chi connectivity index (χ2n) is 2.80. The lowest BCUT2D eigenvalue weighted by molar-refractivity contribution is 0.101. The Bertz CT molecular complexity index is 376. The summed E-state index contributed by atoms with van der Waals surface area (Å²) in [6.45, 7) is 0. The lowest BCUT2D eigenvalue weighted by atomic mass is 10.0. The summed E-state index contributed by atoms with van der Waals surface area (Å²) in [5.74, 6) is -0.792. The Kier molecular flexibility index (Phi) is 2.07. The van der Waals surface area contributed by atoms with Crippen molar-refractivity contribution in [1.82, 2.24) is 0 Å². The lowest BCUT2D eigenvalue weighted by Crippen LogP contribution is -2.15. The summed E-state index contributed by atoms with van der Waals surface area (Å²) < 4.78 is 26.2. The number of carbonyl (C=O) groups is 1. The molecule has 0 saturated heterocycles. The Labute approximate surface area is 78.1 Å². The lowest BCUT2D eigenvalue weighted by Gasteiger charge is -2.15. The molecule has 2 rings (SSSR count). The molecule has 0 bridgehead atoms. The molecule has 0 unspecified atom stereocenters. The number of ketones is 1. The second-order valence-corrected chi connectivity index (χ2v) is 3.78. The molecular formula is C9H6F2OS. The molecule has 68 valence electrons. The maximum Gasteiger partial charge on any atom is 0.176 e. The van der Waals surface area contributed by atoms with Crippen LogP contribution in [-0.4, -0.2) is 11.5 Å². The van der Waals surface area contributed by atoms with Crippen molar-refractivity contribution in [2.75, 3.05) is 5.75 Å². The van der Waals surface area contributed by atoms with Crippen LogP contribution in [0.2, 0.25) is 0 Å². The van der Waals surface area contributed by atoms with Crippen LogP contribution >= 0.6 is 11.8 Å². The molecule has 0 amide bonds. The Morgan fingerprint density at radius 1 is 1.15 bits per heavy atom.